The summed E-state index contributed by atoms with van der Waals surface area (Å²) in [4.78, 5) is 27.6. The van der Waals surface area contributed by atoms with Gasteiger partial charge in [-0.3, -0.25) is 9.13 Å². The minimum absolute atomic E-state index is 0.413. The Morgan fingerprint density at radius 3 is 1.95 bits per heavy atom. The van der Waals surface area contributed by atoms with Gasteiger partial charge in [-0.05, 0) is 130 Å². The molecular formula is C58H41N5O2. The van der Waals surface area contributed by atoms with Crippen LogP contribution in [0.25, 0.3) is 97.6 Å². The van der Waals surface area contributed by atoms with Crippen molar-refractivity contribution in [3.63, 3.8) is 0 Å². The van der Waals surface area contributed by atoms with Gasteiger partial charge in [0.2, 0.25) is 5.95 Å². The molecular weight excluding hydrogens is 799 g/mol. The predicted octanol–water partition coefficient (Wildman–Crippen LogP) is 9.84. The van der Waals surface area contributed by atoms with E-state index in [1.165, 1.54) is 58.9 Å². The number of rotatable bonds is 4. The van der Waals surface area contributed by atoms with Crippen molar-refractivity contribution in [1.29, 1.82) is 0 Å². The molecule has 7 heteroatoms. The highest BCUT2D eigenvalue weighted by Gasteiger charge is 2.43. The van der Waals surface area contributed by atoms with Crippen LogP contribution in [0.3, 0.4) is 0 Å². The van der Waals surface area contributed by atoms with Gasteiger partial charge in [-0.25, -0.2) is 9.78 Å². The summed E-state index contributed by atoms with van der Waals surface area (Å²) in [7, 11) is 0. The van der Waals surface area contributed by atoms with Gasteiger partial charge in [-0.2, -0.15) is 9.97 Å². The highest BCUT2D eigenvalue weighted by molar-refractivity contribution is 6.08. The van der Waals surface area contributed by atoms with Crippen molar-refractivity contribution in [2.24, 2.45) is 0 Å². The van der Waals surface area contributed by atoms with Gasteiger partial charge in [-0.15, -0.1) is 0 Å². The molecule has 310 valence electrons. The molecule has 3 heterocycles. The molecule has 0 unspecified atom stereocenters. The molecule has 2 aliphatic heterocycles. The zero-order chi connectivity index (χ0) is 43.9. The van der Waals surface area contributed by atoms with Crippen molar-refractivity contribution < 1.29 is 9.90 Å². The lowest BCUT2D eigenvalue weighted by Crippen LogP contribution is -2.33. The maximum Gasteiger partial charge on any atom is 0.415 e. The van der Waals surface area contributed by atoms with Gasteiger partial charge in [0.1, 0.15) is 0 Å². The maximum atomic E-state index is 12.5. The summed E-state index contributed by atoms with van der Waals surface area (Å²) < 4.78 is 3.33. The predicted molar refractivity (Wildman–Crippen MR) is 259 cm³/mol. The zero-order valence-electron chi connectivity index (χ0n) is 36.3. The Kier molecular flexibility index (Phi) is 7.59. The number of fused-ring (bicyclic) bond motifs is 10. The fourth-order valence-corrected chi connectivity index (χ4v) is 11.6. The van der Waals surface area contributed by atoms with Crippen LogP contribution in [-0.4, -0.2) is 35.3 Å². The van der Waals surface area contributed by atoms with Crippen LogP contribution < -0.4 is 20.9 Å². The Hall–Kier alpha value is -8.16. The largest absolute Gasteiger partial charge is 0.464 e. The van der Waals surface area contributed by atoms with Crippen molar-refractivity contribution in [2.45, 2.75) is 38.5 Å². The molecule has 0 atom stereocenters. The average molecular weight is 840 g/mol. The third-order valence-electron chi connectivity index (χ3n) is 14.2. The number of hydrogen-bond donors (Lipinski definition) is 1. The van der Waals surface area contributed by atoms with E-state index < -0.39 is 16.9 Å². The molecule has 4 aromatic carbocycles. The van der Waals surface area contributed by atoms with Crippen LogP contribution in [-0.2, 0) is 10.8 Å². The standard InChI is InChI=1S/C58H41N5O2/c1-57(2)50-38(27-36-22-24-62(31-45(36)50)55-60-53(33-14-7-5-8-15-33)59-54(61-55)34-16-9-6-10-17-34)29-39-28-37-19-13-21-43(47(37)51(39)57)48-42-23-25-63(56(64)65)32-46(42)52-44(48)30-40-26-35-18-11-12-20-41(35)49(40)58(52,3)4/h5-32H,1-4H3,(H,64,65). The van der Waals surface area contributed by atoms with Crippen LogP contribution in [0.4, 0.5) is 4.79 Å². The molecule has 8 aliphatic rings. The summed E-state index contributed by atoms with van der Waals surface area (Å²) in [5.41, 5.74) is 17.4. The van der Waals surface area contributed by atoms with E-state index in [0.29, 0.717) is 17.6 Å². The van der Waals surface area contributed by atoms with Crippen LogP contribution in [0.2, 0.25) is 0 Å². The molecule has 1 N–H and O–H groups in total. The molecule has 0 bridgehead atoms. The van der Waals surface area contributed by atoms with Gasteiger partial charge >= 0.3 is 6.09 Å². The first-order valence-electron chi connectivity index (χ1n) is 22.1. The number of aromatic nitrogens is 5. The minimum Gasteiger partial charge on any atom is -0.464 e. The maximum absolute atomic E-state index is 12.5. The Labute approximate surface area is 375 Å². The fraction of sp³-hybridized carbons (Fsp3) is 0.103. The summed E-state index contributed by atoms with van der Waals surface area (Å²) in [5, 5.41) is 15.1. The Morgan fingerprint density at radius 1 is 0.554 bits per heavy atom. The monoisotopic (exact) mass is 839 g/mol. The summed E-state index contributed by atoms with van der Waals surface area (Å²) in [6.07, 6.45) is 16.1. The third-order valence-corrected chi connectivity index (χ3v) is 14.2. The molecule has 7 nitrogen and oxygen atoms in total. The second-order valence-corrected chi connectivity index (χ2v) is 18.7. The van der Waals surface area contributed by atoms with Crippen LogP contribution >= 0.6 is 0 Å². The number of allylic oxidation sites excluding steroid dienone is 2. The molecule has 0 radical (unpaired) electrons. The second kappa shape index (κ2) is 13.2. The molecule has 0 spiro atoms. The number of nitrogens with zero attached hydrogens (tertiary/aromatic N) is 5. The van der Waals surface area contributed by atoms with E-state index in [4.69, 9.17) is 15.0 Å². The topological polar surface area (TPSA) is 85.8 Å². The smallest absolute Gasteiger partial charge is 0.415 e. The van der Waals surface area contributed by atoms with Crippen LogP contribution in [0.15, 0.2) is 157 Å². The molecule has 6 aliphatic carbocycles. The first-order valence-corrected chi connectivity index (χ1v) is 22.1. The summed E-state index contributed by atoms with van der Waals surface area (Å²) in [6.45, 7) is 9.31. The fourth-order valence-electron chi connectivity index (χ4n) is 11.6. The number of benzene rings is 4. The van der Waals surface area contributed by atoms with E-state index >= 15 is 0 Å². The number of carbonyl (C=O) groups is 1. The first-order chi connectivity index (χ1) is 31.5. The van der Waals surface area contributed by atoms with Crippen molar-refractivity contribution in [1.82, 2.24) is 24.1 Å². The van der Waals surface area contributed by atoms with E-state index in [0.717, 1.165) is 55.6 Å². The lowest BCUT2D eigenvalue weighted by Gasteiger charge is -2.34. The lowest BCUT2D eigenvalue weighted by molar-refractivity contribution is 0.196. The van der Waals surface area contributed by atoms with Crippen molar-refractivity contribution in [3.8, 4) is 62.1 Å². The highest BCUT2D eigenvalue weighted by Crippen LogP contribution is 2.56. The van der Waals surface area contributed by atoms with Gasteiger partial charge < -0.3 is 5.11 Å². The van der Waals surface area contributed by atoms with E-state index in [2.05, 4.69) is 119 Å². The Bertz CT molecular complexity index is 3790. The molecule has 0 saturated heterocycles. The van der Waals surface area contributed by atoms with E-state index in [-0.39, 0.29) is 0 Å². The summed E-state index contributed by atoms with van der Waals surface area (Å²) >= 11 is 0. The molecule has 5 aromatic rings. The summed E-state index contributed by atoms with van der Waals surface area (Å²) in [5.74, 6) is 1.78. The van der Waals surface area contributed by atoms with Gasteiger partial charge in [0.25, 0.3) is 0 Å². The van der Waals surface area contributed by atoms with Gasteiger partial charge in [-0.1, -0.05) is 131 Å². The highest BCUT2D eigenvalue weighted by atomic mass is 16.4. The van der Waals surface area contributed by atoms with Gasteiger partial charge in [0, 0.05) is 57.9 Å². The molecule has 65 heavy (non-hydrogen) atoms. The van der Waals surface area contributed by atoms with Crippen LogP contribution in [0, 0.1) is 0 Å². The number of carboxylic acid groups (broad SMARTS) is 1. The normalized spacial score (nSPS) is 15.8. The van der Waals surface area contributed by atoms with Crippen molar-refractivity contribution in [2.75, 3.05) is 0 Å². The van der Waals surface area contributed by atoms with E-state index in [1.807, 2.05) is 77.5 Å². The molecule has 0 fully saturated rings. The van der Waals surface area contributed by atoms with Gasteiger partial charge in [0.05, 0.1) is 0 Å². The lowest BCUT2D eigenvalue weighted by atomic mass is 9.69. The molecule has 0 amide bonds. The summed E-state index contributed by atoms with van der Waals surface area (Å²) in [6, 6.07) is 41.9. The SMILES string of the molecule is CC1(C)C2=c3c(-c4c5ccn(C(=O)O)cc-5c5c4C=C4C=c6ccccc6=C4C5(C)C)cccc3=CC2=Cc2cc3ccn(-c4nc(-c5ccccc5)nc(-c5ccccc5)n4)cc-3c21. The van der Waals surface area contributed by atoms with Crippen LogP contribution in [0.1, 0.15) is 49.9 Å². The average Bonchev–Trinajstić information content (AvgIpc) is 4.08. The Morgan fingerprint density at radius 2 is 1.22 bits per heavy atom. The van der Waals surface area contributed by atoms with Crippen molar-refractivity contribution in [3.05, 3.63) is 200 Å². The number of pyridine rings is 2. The van der Waals surface area contributed by atoms with E-state index in [9.17, 15) is 9.90 Å². The number of hydrogen-bond acceptors (Lipinski definition) is 4. The minimum atomic E-state index is -1.01. The van der Waals surface area contributed by atoms with Crippen molar-refractivity contribution >= 4 is 41.5 Å². The van der Waals surface area contributed by atoms with E-state index in [1.54, 1.807) is 6.20 Å². The first kappa shape index (κ1) is 37.4. The zero-order valence-corrected chi connectivity index (χ0v) is 36.3. The second-order valence-electron chi connectivity index (χ2n) is 18.7. The molecule has 1 aromatic heterocycles. The molecule has 13 rings (SSSR count). The molecule has 0 saturated carbocycles. The third kappa shape index (κ3) is 5.30. The quantitative estimate of drug-likeness (QED) is 0.191. The van der Waals surface area contributed by atoms with Gasteiger partial charge in [0.15, 0.2) is 11.6 Å². The Balaban J connectivity index is 1.03. The van der Waals surface area contributed by atoms with Crippen LogP contribution in [0.5, 0.6) is 0 Å².